The fourth-order valence-corrected chi connectivity index (χ4v) is 1.99. The van der Waals surface area contributed by atoms with E-state index in [1.807, 2.05) is 0 Å². The van der Waals surface area contributed by atoms with E-state index in [0.717, 1.165) is 6.07 Å². The number of benzene rings is 2. The SMILES string of the molecule is O=C(CNC(=O)Nc1ccccc1)NCc1ccccc1OC(F)(F)F. The Kier molecular flexibility index (Phi) is 6.42. The van der Waals surface area contributed by atoms with Gasteiger partial charge in [-0.25, -0.2) is 4.79 Å². The largest absolute Gasteiger partial charge is 0.573 e. The molecular formula is C17H16F3N3O3. The van der Waals surface area contributed by atoms with Gasteiger partial charge in [0.1, 0.15) is 5.75 Å². The smallest absolute Gasteiger partial charge is 0.405 e. The van der Waals surface area contributed by atoms with Crippen molar-refractivity contribution in [2.24, 2.45) is 0 Å². The van der Waals surface area contributed by atoms with Crippen LogP contribution in [0.25, 0.3) is 0 Å². The van der Waals surface area contributed by atoms with Crippen LogP contribution in [0.3, 0.4) is 0 Å². The van der Waals surface area contributed by atoms with Crippen LogP contribution >= 0.6 is 0 Å². The van der Waals surface area contributed by atoms with Gasteiger partial charge in [-0.3, -0.25) is 4.79 Å². The number of para-hydroxylation sites is 2. The lowest BCUT2D eigenvalue weighted by atomic mass is 10.2. The number of anilines is 1. The predicted molar refractivity (Wildman–Crippen MR) is 88.4 cm³/mol. The highest BCUT2D eigenvalue weighted by Crippen LogP contribution is 2.25. The van der Waals surface area contributed by atoms with Crippen molar-refractivity contribution in [3.05, 3.63) is 60.2 Å². The number of urea groups is 1. The van der Waals surface area contributed by atoms with Gasteiger partial charge in [-0.1, -0.05) is 36.4 Å². The average molecular weight is 367 g/mol. The number of nitrogens with one attached hydrogen (secondary N) is 3. The molecule has 3 amide bonds. The standard InChI is InChI=1S/C17H16F3N3O3/c18-17(19,20)26-14-9-5-4-6-12(14)10-21-15(24)11-22-16(25)23-13-7-2-1-3-8-13/h1-9H,10-11H2,(H,21,24)(H2,22,23,25). The second-order valence-corrected chi connectivity index (χ2v) is 5.11. The van der Waals surface area contributed by atoms with Gasteiger partial charge in [0.25, 0.3) is 0 Å². The Hall–Kier alpha value is -3.23. The van der Waals surface area contributed by atoms with Crippen LogP contribution in [0.15, 0.2) is 54.6 Å². The van der Waals surface area contributed by atoms with E-state index in [9.17, 15) is 22.8 Å². The highest BCUT2D eigenvalue weighted by molar-refractivity contribution is 5.92. The molecule has 2 aromatic carbocycles. The number of hydrogen-bond acceptors (Lipinski definition) is 3. The van der Waals surface area contributed by atoms with Gasteiger partial charge in [0.2, 0.25) is 5.91 Å². The molecule has 0 heterocycles. The number of alkyl halides is 3. The second kappa shape index (κ2) is 8.75. The monoisotopic (exact) mass is 367 g/mol. The first kappa shape index (κ1) is 19.1. The van der Waals surface area contributed by atoms with Crippen LogP contribution in [0, 0.1) is 0 Å². The van der Waals surface area contributed by atoms with E-state index in [1.54, 1.807) is 30.3 Å². The van der Waals surface area contributed by atoms with Crippen LogP contribution in [0.4, 0.5) is 23.7 Å². The Morgan fingerprint density at radius 3 is 2.27 bits per heavy atom. The Morgan fingerprint density at radius 2 is 1.58 bits per heavy atom. The Bertz CT molecular complexity index is 752. The van der Waals surface area contributed by atoms with Crippen molar-refractivity contribution in [1.82, 2.24) is 10.6 Å². The maximum Gasteiger partial charge on any atom is 0.573 e. The first-order valence-electron chi connectivity index (χ1n) is 7.54. The molecular weight excluding hydrogens is 351 g/mol. The van der Waals surface area contributed by atoms with Crippen LogP contribution < -0.4 is 20.7 Å². The number of rotatable bonds is 6. The van der Waals surface area contributed by atoms with Gasteiger partial charge in [-0.15, -0.1) is 13.2 Å². The summed E-state index contributed by atoms with van der Waals surface area (Å²) >= 11 is 0. The lowest BCUT2D eigenvalue weighted by Gasteiger charge is -2.14. The lowest BCUT2D eigenvalue weighted by molar-refractivity contribution is -0.274. The molecule has 0 aliphatic carbocycles. The third-order valence-corrected chi connectivity index (χ3v) is 3.12. The molecule has 0 unspecified atom stereocenters. The van der Waals surface area contributed by atoms with Crippen LogP contribution in [0.1, 0.15) is 5.56 Å². The summed E-state index contributed by atoms with van der Waals surface area (Å²) in [6.45, 7) is -0.506. The zero-order valence-corrected chi connectivity index (χ0v) is 13.5. The zero-order chi connectivity index (χ0) is 19.0. The molecule has 0 aromatic heterocycles. The summed E-state index contributed by atoms with van der Waals surface area (Å²) in [4.78, 5) is 23.4. The average Bonchev–Trinajstić information content (AvgIpc) is 2.59. The minimum absolute atomic E-state index is 0.159. The van der Waals surface area contributed by atoms with E-state index >= 15 is 0 Å². The number of carbonyl (C=O) groups excluding carboxylic acids is 2. The summed E-state index contributed by atoms with van der Waals surface area (Å²) in [7, 11) is 0. The molecule has 0 saturated carbocycles. The molecule has 6 nitrogen and oxygen atoms in total. The van der Waals surface area contributed by atoms with Crippen molar-refractivity contribution in [2.75, 3.05) is 11.9 Å². The third kappa shape index (κ3) is 6.71. The molecule has 2 rings (SSSR count). The molecule has 26 heavy (non-hydrogen) atoms. The highest BCUT2D eigenvalue weighted by Gasteiger charge is 2.31. The molecule has 138 valence electrons. The van der Waals surface area contributed by atoms with E-state index < -0.39 is 24.1 Å². The Labute approximate surface area is 147 Å². The van der Waals surface area contributed by atoms with Crippen molar-refractivity contribution >= 4 is 17.6 Å². The highest BCUT2D eigenvalue weighted by atomic mass is 19.4. The molecule has 0 spiro atoms. The molecule has 0 fully saturated rings. The van der Waals surface area contributed by atoms with E-state index in [2.05, 4.69) is 20.7 Å². The molecule has 0 saturated heterocycles. The summed E-state index contributed by atoms with van der Waals surface area (Å²) in [5.74, 6) is -0.954. The number of amides is 3. The van der Waals surface area contributed by atoms with Crippen molar-refractivity contribution in [2.45, 2.75) is 12.9 Å². The quantitative estimate of drug-likeness (QED) is 0.734. The first-order chi connectivity index (χ1) is 12.3. The number of hydrogen-bond donors (Lipinski definition) is 3. The van der Waals surface area contributed by atoms with Gasteiger partial charge in [0, 0.05) is 17.8 Å². The van der Waals surface area contributed by atoms with E-state index in [1.165, 1.54) is 18.2 Å². The fraction of sp³-hybridized carbons (Fsp3) is 0.176. The topological polar surface area (TPSA) is 79.5 Å². The minimum atomic E-state index is -4.82. The molecule has 3 N–H and O–H groups in total. The van der Waals surface area contributed by atoms with Gasteiger partial charge < -0.3 is 20.7 Å². The van der Waals surface area contributed by atoms with E-state index in [4.69, 9.17) is 0 Å². The van der Waals surface area contributed by atoms with Gasteiger partial charge in [-0.05, 0) is 18.2 Å². The third-order valence-electron chi connectivity index (χ3n) is 3.12. The van der Waals surface area contributed by atoms with Crippen LogP contribution in [-0.2, 0) is 11.3 Å². The maximum atomic E-state index is 12.3. The van der Waals surface area contributed by atoms with Crippen molar-refractivity contribution in [3.8, 4) is 5.75 Å². The Morgan fingerprint density at radius 1 is 0.923 bits per heavy atom. The molecule has 0 atom stereocenters. The fourth-order valence-electron chi connectivity index (χ4n) is 1.99. The normalized spacial score (nSPS) is 10.7. The van der Waals surface area contributed by atoms with Gasteiger partial charge in [-0.2, -0.15) is 0 Å². The summed E-state index contributed by atoms with van der Waals surface area (Å²) < 4.78 is 40.9. The number of ether oxygens (including phenoxy) is 1. The summed E-state index contributed by atoms with van der Waals surface area (Å²) in [5.41, 5.74) is 0.718. The number of carbonyl (C=O) groups is 2. The minimum Gasteiger partial charge on any atom is -0.405 e. The second-order valence-electron chi connectivity index (χ2n) is 5.11. The van der Waals surface area contributed by atoms with Crippen LogP contribution in [-0.4, -0.2) is 24.8 Å². The molecule has 0 bridgehead atoms. The molecule has 9 heteroatoms. The van der Waals surface area contributed by atoms with Crippen LogP contribution in [0.2, 0.25) is 0 Å². The van der Waals surface area contributed by atoms with E-state index in [0.29, 0.717) is 5.69 Å². The summed E-state index contributed by atoms with van der Waals surface area (Å²) in [6, 6.07) is 13.5. The summed E-state index contributed by atoms with van der Waals surface area (Å²) in [6.07, 6.45) is -4.82. The zero-order valence-electron chi connectivity index (χ0n) is 13.5. The first-order valence-corrected chi connectivity index (χ1v) is 7.54. The Balaban J connectivity index is 1.79. The molecule has 0 aliphatic rings. The van der Waals surface area contributed by atoms with Gasteiger partial charge >= 0.3 is 12.4 Å². The van der Waals surface area contributed by atoms with Crippen molar-refractivity contribution < 1.29 is 27.5 Å². The molecule has 0 radical (unpaired) electrons. The van der Waals surface area contributed by atoms with Gasteiger partial charge in [0.15, 0.2) is 0 Å². The van der Waals surface area contributed by atoms with E-state index in [-0.39, 0.29) is 18.7 Å². The molecule has 2 aromatic rings. The van der Waals surface area contributed by atoms with Gasteiger partial charge in [0.05, 0.1) is 6.54 Å². The van der Waals surface area contributed by atoms with Crippen molar-refractivity contribution in [3.63, 3.8) is 0 Å². The summed E-state index contributed by atoms with van der Waals surface area (Å²) in [5, 5.41) is 7.29. The lowest BCUT2D eigenvalue weighted by Crippen LogP contribution is -2.38. The maximum absolute atomic E-state index is 12.3. The van der Waals surface area contributed by atoms with Crippen LogP contribution in [0.5, 0.6) is 5.75 Å². The molecule has 0 aliphatic heterocycles. The number of halogens is 3. The van der Waals surface area contributed by atoms with Crippen molar-refractivity contribution in [1.29, 1.82) is 0 Å². The predicted octanol–water partition coefficient (Wildman–Crippen LogP) is 3.02.